The molecule has 0 bridgehead atoms. The van der Waals surface area contributed by atoms with Gasteiger partial charge in [0, 0.05) is 31.9 Å². The molecule has 3 heterocycles. The van der Waals surface area contributed by atoms with E-state index in [0.717, 1.165) is 41.6 Å². The van der Waals surface area contributed by atoms with Gasteiger partial charge in [0.15, 0.2) is 0 Å². The van der Waals surface area contributed by atoms with Crippen LogP contribution >= 0.6 is 11.6 Å². The number of ether oxygens (including phenoxy) is 1. The van der Waals surface area contributed by atoms with Crippen LogP contribution in [0.25, 0.3) is 10.8 Å². The van der Waals surface area contributed by atoms with E-state index in [4.69, 9.17) is 16.3 Å². The van der Waals surface area contributed by atoms with Gasteiger partial charge in [-0.1, -0.05) is 48.0 Å². The molecule has 2 aliphatic heterocycles. The number of rotatable bonds is 7. The number of halogens is 1. The smallest absolute Gasteiger partial charge is 0.242 e. The molecule has 1 aromatic heterocycles. The number of morpholine rings is 1. The first-order valence-corrected chi connectivity index (χ1v) is 13.5. The van der Waals surface area contributed by atoms with Crippen LogP contribution in [0.15, 0.2) is 53.6 Å². The number of aryl methyl sites for hydroxylation is 1. The molecule has 0 saturated carbocycles. The lowest BCUT2D eigenvalue weighted by molar-refractivity contribution is -0.0416. The van der Waals surface area contributed by atoms with Crippen molar-refractivity contribution in [2.45, 2.75) is 43.4 Å². The zero-order valence-corrected chi connectivity index (χ0v) is 20.7. The highest BCUT2D eigenvalue weighted by Gasteiger charge is 2.32. The van der Waals surface area contributed by atoms with E-state index in [0.29, 0.717) is 18.4 Å². The monoisotopic (exact) mass is 500 g/mol. The molecule has 180 valence electrons. The molecule has 2 aliphatic rings. The van der Waals surface area contributed by atoms with E-state index in [2.05, 4.69) is 19.9 Å². The zero-order chi connectivity index (χ0) is 23.7. The van der Waals surface area contributed by atoms with Crippen molar-refractivity contribution in [1.29, 1.82) is 0 Å². The van der Waals surface area contributed by atoms with Crippen molar-refractivity contribution in [2.75, 3.05) is 31.6 Å². The Hall–Kier alpha value is -2.23. The average Bonchev–Trinajstić information content (AvgIpc) is 3.31. The van der Waals surface area contributed by atoms with Gasteiger partial charge in [-0.25, -0.2) is 18.1 Å². The van der Waals surface area contributed by atoms with Crippen molar-refractivity contribution in [3.05, 3.63) is 64.8 Å². The molecule has 0 radical (unpaired) electrons. The van der Waals surface area contributed by atoms with Crippen LogP contribution in [0.1, 0.15) is 24.0 Å². The summed E-state index contributed by atoms with van der Waals surface area (Å²) in [5.41, 5.74) is 2.06. The van der Waals surface area contributed by atoms with Crippen LogP contribution in [0, 0.1) is 6.92 Å². The van der Waals surface area contributed by atoms with Gasteiger partial charge in [0.2, 0.25) is 10.0 Å². The van der Waals surface area contributed by atoms with Gasteiger partial charge in [-0.05, 0) is 54.3 Å². The summed E-state index contributed by atoms with van der Waals surface area (Å²) in [7, 11) is -3.78. The summed E-state index contributed by atoms with van der Waals surface area (Å²) in [4.78, 5) is 6.79. The predicted octanol–water partition coefficient (Wildman–Crippen LogP) is 3.95. The van der Waals surface area contributed by atoms with Crippen LogP contribution in [0.5, 0.6) is 0 Å². The zero-order valence-electron chi connectivity index (χ0n) is 19.1. The van der Waals surface area contributed by atoms with E-state index in [-0.39, 0.29) is 22.6 Å². The van der Waals surface area contributed by atoms with Crippen molar-refractivity contribution in [3.8, 4) is 0 Å². The summed E-state index contributed by atoms with van der Waals surface area (Å²) in [5.74, 6) is 0.456. The highest BCUT2D eigenvalue weighted by molar-refractivity contribution is 7.89. The number of nitrogens with one attached hydrogen (secondary N) is 2. The Morgan fingerprint density at radius 1 is 1.21 bits per heavy atom. The second kappa shape index (κ2) is 9.79. The Labute approximate surface area is 205 Å². The normalized spacial score (nSPS) is 21.0. The summed E-state index contributed by atoms with van der Waals surface area (Å²) >= 11 is 6.39. The number of pyridine rings is 1. The maximum absolute atomic E-state index is 12.9. The topological polar surface area (TPSA) is 83.6 Å². The predicted molar refractivity (Wildman–Crippen MR) is 135 cm³/mol. The number of fused-ring (bicyclic) bond motifs is 2. The largest absolute Gasteiger partial charge is 0.373 e. The van der Waals surface area contributed by atoms with Gasteiger partial charge >= 0.3 is 0 Å². The molecule has 0 spiro atoms. The summed E-state index contributed by atoms with van der Waals surface area (Å²) in [6.07, 6.45) is 3.83. The third-order valence-electron chi connectivity index (χ3n) is 6.77. The summed E-state index contributed by atoms with van der Waals surface area (Å²) in [6.45, 7) is 5.56. The number of aromatic nitrogens is 1. The molecule has 0 amide bonds. The second-order valence-corrected chi connectivity index (χ2v) is 11.2. The Balaban J connectivity index is 1.23. The van der Waals surface area contributed by atoms with E-state index in [1.54, 1.807) is 0 Å². The lowest BCUT2D eigenvalue weighted by atomic mass is 10.0. The molecule has 2 unspecified atom stereocenters. The van der Waals surface area contributed by atoms with Crippen LogP contribution in [0.2, 0.25) is 5.02 Å². The molecule has 5 rings (SSSR count). The molecule has 0 aliphatic carbocycles. The number of sulfonamides is 1. The Kier molecular flexibility index (Phi) is 6.77. The molecule has 7 nitrogen and oxygen atoms in total. The van der Waals surface area contributed by atoms with Crippen molar-refractivity contribution >= 4 is 38.2 Å². The van der Waals surface area contributed by atoms with Crippen LogP contribution in [0.4, 0.5) is 5.82 Å². The summed E-state index contributed by atoms with van der Waals surface area (Å²) in [6, 6.07) is 13.9. The fraction of sp³-hybridized carbons (Fsp3) is 0.400. The Morgan fingerprint density at radius 2 is 2.03 bits per heavy atom. The maximum Gasteiger partial charge on any atom is 0.242 e. The molecule has 34 heavy (non-hydrogen) atoms. The van der Waals surface area contributed by atoms with Crippen LogP contribution in [0.3, 0.4) is 0 Å². The standard InChI is InChI=1S/C25H29ClN4O3S/c1-17-8-9-18(23-7-3-2-6-22(17)23)12-29-34(31,32)21-11-24(26)25(28-14-21)27-13-20-15-30-10-4-5-19(30)16-33-20/h2-3,6-9,11,14,19-20,29H,4-5,10,12-13,15-16H2,1H3,(H,27,28). The van der Waals surface area contributed by atoms with Crippen molar-refractivity contribution in [2.24, 2.45) is 0 Å². The third-order valence-corrected chi connectivity index (χ3v) is 8.43. The summed E-state index contributed by atoms with van der Waals surface area (Å²) < 4.78 is 34.5. The molecule has 3 aromatic rings. The van der Waals surface area contributed by atoms with Gasteiger partial charge in [-0.15, -0.1) is 0 Å². The van der Waals surface area contributed by atoms with Crippen LogP contribution < -0.4 is 10.0 Å². The second-order valence-electron chi connectivity index (χ2n) is 9.04. The van der Waals surface area contributed by atoms with Gasteiger partial charge in [-0.2, -0.15) is 0 Å². The van der Waals surface area contributed by atoms with E-state index in [9.17, 15) is 8.42 Å². The maximum atomic E-state index is 12.9. The van der Waals surface area contributed by atoms with E-state index in [1.165, 1.54) is 25.1 Å². The van der Waals surface area contributed by atoms with Crippen molar-refractivity contribution < 1.29 is 13.2 Å². The molecule has 2 N–H and O–H groups in total. The Bertz CT molecular complexity index is 1300. The molecule has 2 saturated heterocycles. The molecular formula is C25H29ClN4O3S. The highest BCUT2D eigenvalue weighted by Crippen LogP contribution is 2.26. The third kappa shape index (κ3) is 4.92. The quantitative estimate of drug-likeness (QED) is 0.511. The number of hydrogen-bond acceptors (Lipinski definition) is 6. The van der Waals surface area contributed by atoms with Crippen LogP contribution in [-0.4, -0.2) is 56.7 Å². The molecule has 2 aromatic carbocycles. The van der Waals surface area contributed by atoms with Crippen LogP contribution in [-0.2, 0) is 21.3 Å². The first-order valence-electron chi connectivity index (χ1n) is 11.6. The van der Waals surface area contributed by atoms with Gasteiger partial charge in [0.25, 0.3) is 0 Å². The van der Waals surface area contributed by atoms with Crippen molar-refractivity contribution in [1.82, 2.24) is 14.6 Å². The SMILES string of the molecule is Cc1ccc(CNS(=O)(=O)c2cnc(NCC3CN4CCCC4CO3)c(Cl)c2)c2ccccc12. The van der Waals surface area contributed by atoms with Gasteiger partial charge < -0.3 is 10.1 Å². The van der Waals surface area contributed by atoms with Gasteiger partial charge in [0.1, 0.15) is 10.7 Å². The highest BCUT2D eigenvalue weighted by atomic mass is 35.5. The lowest BCUT2D eigenvalue weighted by Gasteiger charge is -2.35. The molecule has 9 heteroatoms. The Morgan fingerprint density at radius 3 is 2.85 bits per heavy atom. The minimum absolute atomic E-state index is 0.0355. The van der Waals surface area contributed by atoms with Gasteiger partial charge in [-0.3, -0.25) is 4.90 Å². The molecule has 2 fully saturated rings. The number of nitrogens with zero attached hydrogens (tertiary/aromatic N) is 2. The average molecular weight is 501 g/mol. The molecule has 2 atom stereocenters. The lowest BCUT2D eigenvalue weighted by Crippen LogP contribution is -2.48. The first kappa shape index (κ1) is 23.5. The minimum Gasteiger partial charge on any atom is -0.373 e. The fourth-order valence-electron chi connectivity index (χ4n) is 4.84. The van der Waals surface area contributed by atoms with Gasteiger partial charge in [0.05, 0.1) is 17.7 Å². The number of anilines is 1. The van der Waals surface area contributed by atoms with E-state index in [1.807, 2.05) is 43.3 Å². The first-order chi connectivity index (χ1) is 16.4. The summed E-state index contributed by atoms with van der Waals surface area (Å²) in [5, 5.41) is 5.62. The fourth-order valence-corrected chi connectivity index (χ4v) is 6.11. The van der Waals surface area contributed by atoms with Crippen molar-refractivity contribution in [3.63, 3.8) is 0 Å². The number of hydrogen-bond donors (Lipinski definition) is 2. The minimum atomic E-state index is -3.78. The van der Waals surface area contributed by atoms with E-state index >= 15 is 0 Å². The van der Waals surface area contributed by atoms with E-state index < -0.39 is 10.0 Å². The number of benzene rings is 2. The molecular weight excluding hydrogens is 472 g/mol.